The zero-order valence-electron chi connectivity index (χ0n) is 13.3. The molecule has 9 heteroatoms. The van der Waals surface area contributed by atoms with E-state index in [2.05, 4.69) is 37.5 Å². The normalized spacial score (nSPS) is 17.2. The van der Waals surface area contributed by atoms with E-state index in [1.165, 1.54) is 6.07 Å². The minimum Gasteiger partial charge on any atom is -0.494 e. The van der Waals surface area contributed by atoms with E-state index < -0.39 is 0 Å². The standard InChI is InChI=1S/C15H19N7O2/c1-9(10-2-4-24-5-3-10)22-15-11(7-17-22)16-8-13(19-15)18-12-6-14(23)21-20-12/h6-10H,2-5H2,1H3,(H3,18,19,20,21,23)/t9-/m0/s1. The van der Waals surface area contributed by atoms with E-state index in [9.17, 15) is 5.11 Å². The van der Waals surface area contributed by atoms with Crippen molar-refractivity contribution in [2.75, 3.05) is 18.5 Å². The summed E-state index contributed by atoms with van der Waals surface area (Å²) >= 11 is 0. The van der Waals surface area contributed by atoms with Crippen molar-refractivity contribution < 1.29 is 9.84 Å². The van der Waals surface area contributed by atoms with Gasteiger partial charge in [-0.1, -0.05) is 0 Å². The number of aromatic nitrogens is 6. The van der Waals surface area contributed by atoms with Crippen molar-refractivity contribution in [1.82, 2.24) is 29.9 Å². The van der Waals surface area contributed by atoms with Gasteiger partial charge in [-0.25, -0.2) is 19.7 Å². The van der Waals surface area contributed by atoms with Gasteiger partial charge in [-0.2, -0.15) is 10.2 Å². The van der Waals surface area contributed by atoms with Crippen LogP contribution in [-0.4, -0.2) is 48.3 Å². The highest BCUT2D eigenvalue weighted by atomic mass is 16.5. The Labute approximate surface area is 138 Å². The largest absolute Gasteiger partial charge is 0.494 e. The van der Waals surface area contributed by atoms with Gasteiger partial charge in [0.1, 0.15) is 5.52 Å². The molecule has 0 aromatic carbocycles. The Hall–Kier alpha value is -2.68. The van der Waals surface area contributed by atoms with E-state index in [0.29, 0.717) is 17.6 Å². The predicted octanol–water partition coefficient (Wildman–Crippen LogP) is 1.99. The lowest BCUT2D eigenvalue weighted by atomic mass is 9.93. The van der Waals surface area contributed by atoms with Gasteiger partial charge >= 0.3 is 0 Å². The molecule has 0 aliphatic carbocycles. The van der Waals surface area contributed by atoms with Gasteiger partial charge in [-0.3, -0.25) is 0 Å². The van der Waals surface area contributed by atoms with Crippen LogP contribution in [0.1, 0.15) is 25.8 Å². The van der Waals surface area contributed by atoms with Gasteiger partial charge in [0.2, 0.25) is 5.88 Å². The van der Waals surface area contributed by atoms with Crippen molar-refractivity contribution in [3.05, 3.63) is 18.5 Å². The number of anilines is 2. The first kappa shape index (κ1) is 14.9. The van der Waals surface area contributed by atoms with Gasteiger partial charge in [0.05, 0.1) is 18.4 Å². The number of hydrogen-bond donors (Lipinski definition) is 3. The maximum Gasteiger partial charge on any atom is 0.208 e. The Kier molecular flexibility index (Phi) is 3.77. The third kappa shape index (κ3) is 2.78. The Morgan fingerprint density at radius 3 is 2.92 bits per heavy atom. The molecule has 0 saturated carbocycles. The van der Waals surface area contributed by atoms with Crippen molar-refractivity contribution in [2.45, 2.75) is 25.8 Å². The van der Waals surface area contributed by atoms with E-state index in [4.69, 9.17) is 4.74 Å². The number of aromatic amines is 1. The van der Waals surface area contributed by atoms with Crippen LogP contribution < -0.4 is 5.32 Å². The van der Waals surface area contributed by atoms with E-state index in [1.54, 1.807) is 12.4 Å². The summed E-state index contributed by atoms with van der Waals surface area (Å²) in [5.74, 6) is 1.54. The quantitative estimate of drug-likeness (QED) is 0.670. The third-order valence-corrected chi connectivity index (χ3v) is 4.46. The van der Waals surface area contributed by atoms with Crippen LogP contribution in [0.2, 0.25) is 0 Å². The maximum absolute atomic E-state index is 9.31. The number of hydrogen-bond acceptors (Lipinski definition) is 7. The van der Waals surface area contributed by atoms with E-state index in [-0.39, 0.29) is 11.9 Å². The van der Waals surface area contributed by atoms with Crippen molar-refractivity contribution in [3.8, 4) is 5.88 Å². The summed E-state index contributed by atoms with van der Waals surface area (Å²) in [5.41, 5.74) is 1.49. The number of aromatic hydroxyl groups is 1. The highest BCUT2D eigenvalue weighted by Crippen LogP contribution is 2.29. The van der Waals surface area contributed by atoms with E-state index >= 15 is 0 Å². The molecule has 3 aromatic rings. The predicted molar refractivity (Wildman–Crippen MR) is 87.1 cm³/mol. The fourth-order valence-electron chi connectivity index (χ4n) is 3.08. The zero-order valence-corrected chi connectivity index (χ0v) is 13.3. The first-order valence-electron chi connectivity index (χ1n) is 8.00. The minimum absolute atomic E-state index is 0.00952. The molecule has 0 amide bonds. The summed E-state index contributed by atoms with van der Waals surface area (Å²) in [6, 6.07) is 1.71. The molecule has 1 atom stereocenters. The molecule has 3 N–H and O–H groups in total. The number of ether oxygens (including phenoxy) is 1. The fourth-order valence-corrected chi connectivity index (χ4v) is 3.08. The van der Waals surface area contributed by atoms with Gasteiger partial charge in [-0.05, 0) is 25.7 Å². The molecule has 3 aromatic heterocycles. The Morgan fingerprint density at radius 2 is 2.17 bits per heavy atom. The molecule has 9 nitrogen and oxygen atoms in total. The smallest absolute Gasteiger partial charge is 0.208 e. The summed E-state index contributed by atoms with van der Waals surface area (Å²) in [7, 11) is 0. The number of nitrogens with one attached hydrogen (secondary N) is 2. The Balaban J connectivity index is 1.62. The Morgan fingerprint density at radius 1 is 1.33 bits per heavy atom. The lowest BCUT2D eigenvalue weighted by Gasteiger charge is -2.28. The number of nitrogens with zero attached hydrogens (tertiary/aromatic N) is 5. The topological polar surface area (TPSA) is 114 Å². The second kappa shape index (κ2) is 6.08. The molecule has 0 radical (unpaired) electrons. The average Bonchev–Trinajstić information content (AvgIpc) is 3.21. The molecule has 126 valence electrons. The number of H-pyrrole nitrogens is 1. The monoisotopic (exact) mass is 329 g/mol. The molecular formula is C15H19N7O2. The highest BCUT2D eigenvalue weighted by molar-refractivity contribution is 5.72. The molecule has 0 spiro atoms. The van der Waals surface area contributed by atoms with Crippen LogP contribution in [0.25, 0.3) is 11.2 Å². The molecule has 0 unspecified atom stereocenters. The van der Waals surface area contributed by atoms with Crippen molar-refractivity contribution >= 4 is 22.8 Å². The molecule has 1 aliphatic rings. The van der Waals surface area contributed by atoms with Gasteiger partial charge in [-0.15, -0.1) is 0 Å². The average molecular weight is 329 g/mol. The maximum atomic E-state index is 9.31. The van der Waals surface area contributed by atoms with Gasteiger partial charge < -0.3 is 15.2 Å². The van der Waals surface area contributed by atoms with Crippen molar-refractivity contribution in [2.24, 2.45) is 5.92 Å². The molecule has 4 heterocycles. The SMILES string of the molecule is C[C@@H](C1CCOCC1)n1ncc2ncc(Nc3cc(O)[nH]n3)nc21. The van der Waals surface area contributed by atoms with Crippen LogP contribution in [0.15, 0.2) is 18.5 Å². The number of rotatable bonds is 4. The summed E-state index contributed by atoms with van der Waals surface area (Å²) in [4.78, 5) is 9.01. The number of fused-ring (bicyclic) bond motifs is 1. The summed E-state index contributed by atoms with van der Waals surface area (Å²) in [6.07, 6.45) is 5.42. The molecule has 1 fully saturated rings. The zero-order chi connectivity index (χ0) is 16.5. The molecule has 0 bridgehead atoms. The molecule has 4 rings (SSSR count). The van der Waals surface area contributed by atoms with Crippen molar-refractivity contribution in [3.63, 3.8) is 0 Å². The van der Waals surface area contributed by atoms with E-state index in [0.717, 1.165) is 37.2 Å². The lowest BCUT2D eigenvalue weighted by Crippen LogP contribution is -2.24. The molecule has 1 aliphatic heterocycles. The van der Waals surface area contributed by atoms with Gasteiger partial charge in [0, 0.05) is 19.3 Å². The lowest BCUT2D eigenvalue weighted by molar-refractivity contribution is 0.0501. The molecule has 24 heavy (non-hydrogen) atoms. The van der Waals surface area contributed by atoms with Gasteiger partial charge in [0.15, 0.2) is 17.3 Å². The van der Waals surface area contributed by atoms with Crippen LogP contribution in [-0.2, 0) is 4.74 Å². The van der Waals surface area contributed by atoms with Gasteiger partial charge in [0.25, 0.3) is 0 Å². The molecular weight excluding hydrogens is 310 g/mol. The third-order valence-electron chi connectivity index (χ3n) is 4.46. The van der Waals surface area contributed by atoms with Crippen LogP contribution >= 0.6 is 0 Å². The van der Waals surface area contributed by atoms with Crippen LogP contribution in [0.4, 0.5) is 11.6 Å². The first-order valence-corrected chi connectivity index (χ1v) is 8.00. The van der Waals surface area contributed by atoms with Crippen molar-refractivity contribution in [1.29, 1.82) is 0 Å². The second-order valence-electron chi connectivity index (χ2n) is 6.01. The highest BCUT2D eigenvalue weighted by Gasteiger charge is 2.24. The summed E-state index contributed by atoms with van der Waals surface area (Å²) in [6.45, 7) is 3.76. The van der Waals surface area contributed by atoms with Crippen LogP contribution in [0, 0.1) is 5.92 Å². The Bertz CT molecular complexity index is 837. The summed E-state index contributed by atoms with van der Waals surface area (Å²) < 4.78 is 7.38. The summed E-state index contributed by atoms with van der Waals surface area (Å²) in [5, 5.41) is 23.2. The molecule has 1 saturated heterocycles. The second-order valence-corrected chi connectivity index (χ2v) is 6.01. The van der Waals surface area contributed by atoms with Crippen LogP contribution in [0.5, 0.6) is 5.88 Å². The van der Waals surface area contributed by atoms with E-state index in [1.807, 2.05) is 4.68 Å². The fraction of sp³-hybridized carbons (Fsp3) is 0.467. The first-order chi connectivity index (χ1) is 11.7. The minimum atomic E-state index is -0.00952. The van der Waals surface area contributed by atoms with Crippen LogP contribution in [0.3, 0.4) is 0 Å².